The third-order valence-electron chi connectivity index (χ3n) is 8.02. The average molecular weight is 604 g/mol. The van der Waals surface area contributed by atoms with Gasteiger partial charge in [0.25, 0.3) is 0 Å². The Hall–Kier alpha value is -3.58. The molecule has 1 unspecified atom stereocenters. The monoisotopic (exact) mass is 603 g/mol. The number of fused-ring (bicyclic) bond motifs is 1. The lowest BCUT2D eigenvalue weighted by Gasteiger charge is -2.37. The number of hydrogen-bond donors (Lipinski definition) is 0. The molecule has 0 saturated heterocycles. The van der Waals surface area contributed by atoms with Gasteiger partial charge >= 0.3 is 5.97 Å². The van der Waals surface area contributed by atoms with Gasteiger partial charge in [0.15, 0.2) is 11.5 Å². The molecule has 3 aromatic carbocycles. The van der Waals surface area contributed by atoms with E-state index in [1.807, 2.05) is 83.1 Å². The third kappa shape index (κ3) is 6.52. The molecule has 0 N–H and O–H groups in total. The molecular weight excluding hydrogens is 558 g/mol. The highest BCUT2D eigenvalue weighted by Crippen LogP contribution is 2.51. The molecule has 1 heterocycles. The van der Waals surface area contributed by atoms with Gasteiger partial charge in [0.1, 0.15) is 5.75 Å². The van der Waals surface area contributed by atoms with Gasteiger partial charge < -0.3 is 14.2 Å². The summed E-state index contributed by atoms with van der Waals surface area (Å²) in [5.74, 6) is 0.728. The van der Waals surface area contributed by atoms with Gasteiger partial charge in [-0.3, -0.25) is 4.79 Å². The van der Waals surface area contributed by atoms with Crippen LogP contribution in [0.3, 0.4) is 0 Å². The number of ether oxygens (including phenoxy) is 3. The van der Waals surface area contributed by atoms with E-state index in [0.29, 0.717) is 27.8 Å². The van der Waals surface area contributed by atoms with Gasteiger partial charge in [-0.1, -0.05) is 75.2 Å². The van der Waals surface area contributed by atoms with Crippen LogP contribution in [0.2, 0.25) is 0 Å². The normalized spacial score (nSPS) is 20.3. The van der Waals surface area contributed by atoms with Gasteiger partial charge in [-0.05, 0) is 68.9 Å². The van der Waals surface area contributed by atoms with Crippen LogP contribution in [0.15, 0.2) is 75.5 Å². The maximum atomic E-state index is 15.4. The van der Waals surface area contributed by atoms with E-state index < -0.39 is 15.0 Å². The molecule has 1 aliphatic rings. The van der Waals surface area contributed by atoms with Crippen molar-refractivity contribution in [3.05, 3.63) is 88.5 Å². The van der Waals surface area contributed by atoms with Crippen molar-refractivity contribution in [3.8, 4) is 17.2 Å². The third-order valence-corrected chi connectivity index (χ3v) is 10.9. The van der Waals surface area contributed by atoms with Crippen LogP contribution < -0.4 is 14.2 Å². The van der Waals surface area contributed by atoms with Gasteiger partial charge in [0, 0.05) is 28.4 Å². The Morgan fingerprint density at radius 2 is 1.67 bits per heavy atom. The largest absolute Gasteiger partial charge is 0.493 e. The van der Waals surface area contributed by atoms with Crippen LogP contribution in [0.5, 0.6) is 17.2 Å². The smallest absolute Gasteiger partial charge is 0.311 e. The van der Waals surface area contributed by atoms with Crippen LogP contribution in [0.4, 0.5) is 5.69 Å². The highest BCUT2D eigenvalue weighted by Gasteiger charge is 2.43. The fourth-order valence-corrected chi connectivity index (χ4v) is 8.99. The van der Waals surface area contributed by atoms with Crippen LogP contribution in [0, 0.1) is 19.8 Å². The quantitative estimate of drug-likeness (QED) is 0.146. The number of allylic oxidation sites excluding steroid dienone is 2. The summed E-state index contributed by atoms with van der Waals surface area (Å²) >= 11 is 0. The Labute approximate surface area is 257 Å². The molecule has 4 atom stereocenters. The Balaban J connectivity index is 1.86. The standard InChI is InChI=1S/C36H45NO5S/c1-22(2)18-28-27-21-31(40-9)34(41-10)25(5)33(27)37-43(39,26-14-12-11-13-15-26)35(28)24(4)20-32(38)42-30-17-16-23(3)19-29(30)36(6,7)8/h11-19,21,24,28,35H,20H2,1-10H3/t24-,28-,35+,43?/m0/s1. The summed E-state index contributed by atoms with van der Waals surface area (Å²) in [6.45, 7) is 16.3. The Kier molecular flexibility index (Phi) is 9.45. The molecule has 3 aromatic rings. The molecule has 230 valence electrons. The van der Waals surface area contributed by atoms with E-state index in [9.17, 15) is 4.79 Å². The zero-order chi connectivity index (χ0) is 31.7. The Morgan fingerprint density at radius 1 is 1.00 bits per heavy atom. The van der Waals surface area contributed by atoms with E-state index in [1.54, 1.807) is 14.2 Å². The zero-order valence-electron chi connectivity index (χ0n) is 27.1. The fraction of sp³-hybridized carbons (Fsp3) is 0.417. The predicted octanol–water partition coefficient (Wildman–Crippen LogP) is 8.84. The Morgan fingerprint density at radius 3 is 2.26 bits per heavy atom. The number of carbonyl (C=O) groups is 1. The van der Waals surface area contributed by atoms with Crippen molar-refractivity contribution < 1.29 is 23.2 Å². The maximum absolute atomic E-state index is 15.4. The molecule has 0 radical (unpaired) electrons. The summed E-state index contributed by atoms with van der Waals surface area (Å²) in [5.41, 5.74) is 5.28. The lowest BCUT2D eigenvalue weighted by Crippen LogP contribution is -2.37. The van der Waals surface area contributed by atoms with Crippen molar-refractivity contribution in [2.75, 3.05) is 14.2 Å². The summed E-state index contributed by atoms with van der Waals surface area (Å²) in [4.78, 5) is 14.2. The van der Waals surface area contributed by atoms with Crippen LogP contribution in [-0.4, -0.2) is 29.6 Å². The number of nitrogens with zero attached hydrogens (tertiary/aromatic N) is 1. The SMILES string of the molecule is COc1cc2c(c(C)c1OC)N=S(=O)(c1ccccc1)[C@H]([C@@H](C)CC(=O)Oc1ccc(C)cc1C(C)(C)C)[C@H]2C=C(C)C. The van der Waals surface area contributed by atoms with Crippen molar-refractivity contribution in [2.24, 2.45) is 10.3 Å². The van der Waals surface area contributed by atoms with E-state index >= 15 is 4.21 Å². The molecule has 0 fully saturated rings. The van der Waals surface area contributed by atoms with Gasteiger partial charge in [-0.15, -0.1) is 0 Å². The summed E-state index contributed by atoms with van der Waals surface area (Å²) in [6.07, 6.45) is 2.22. The second kappa shape index (κ2) is 12.6. The van der Waals surface area contributed by atoms with Gasteiger partial charge in [0.05, 0.1) is 34.9 Å². The lowest BCUT2D eigenvalue weighted by molar-refractivity contribution is -0.135. The maximum Gasteiger partial charge on any atom is 0.311 e. The van der Waals surface area contributed by atoms with E-state index in [4.69, 9.17) is 18.6 Å². The second-order valence-electron chi connectivity index (χ2n) is 12.8. The number of hydrogen-bond acceptors (Lipinski definition) is 6. The second-order valence-corrected chi connectivity index (χ2v) is 15.1. The van der Waals surface area contributed by atoms with Crippen molar-refractivity contribution in [3.63, 3.8) is 0 Å². The molecule has 1 aliphatic heterocycles. The van der Waals surface area contributed by atoms with E-state index in [0.717, 1.165) is 27.8 Å². The van der Waals surface area contributed by atoms with Crippen LogP contribution >= 0.6 is 0 Å². The molecule has 0 saturated carbocycles. The first kappa shape index (κ1) is 32.3. The van der Waals surface area contributed by atoms with Gasteiger partial charge in [-0.2, -0.15) is 4.36 Å². The summed E-state index contributed by atoms with van der Waals surface area (Å²) in [7, 11) is 0.142. The molecule has 6 nitrogen and oxygen atoms in total. The molecule has 0 aliphatic carbocycles. The molecular formula is C36H45NO5S. The molecule has 0 spiro atoms. The summed E-state index contributed by atoms with van der Waals surface area (Å²) in [5, 5.41) is -0.512. The van der Waals surface area contributed by atoms with Crippen molar-refractivity contribution in [1.82, 2.24) is 0 Å². The number of aryl methyl sites for hydroxylation is 1. The average Bonchev–Trinajstić information content (AvgIpc) is 2.94. The van der Waals surface area contributed by atoms with Crippen molar-refractivity contribution in [1.29, 1.82) is 0 Å². The molecule has 0 aromatic heterocycles. The zero-order valence-corrected chi connectivity index (χ0v) is 27.9. The fourth-order valence-electron chi connectivity index (χ4n) is 6.04. The number of methoxy groups -OCH3 is 2. The highest BCUT2D eigenvalue weighted by molar-refractivity contribution is 7.94. The van der Waals surface area contributed by atoms with E-state index in [-0.39, 0.29) is 29.6 Å². The summed E-state index contributed by atoms with van der Waals surface area (Å²) < 4.78 is 37.9. The van der Waals surface area contributed by atoms with Gasteiger partial charge in [-0.25, -0.2) is 4.21 Å². The minimum Gasteiger partial charge on any atom is -0.493 e. The molecule has 43 heavy (non-hydrogen) atoms. The predicted molar refractivity (Wildman–Crippen MR) is 174 cm³/mol. The summed E-state index contributed by atoms with van der Waals surface area (Å²) in [6, 6.07) is 17.2. The molecule has 0 bridgehead atoms. The van der Waals surface area contributed by atoms with Crippen molar-refractivity contribution >= 4 is 21.4 Å². The van der Waals surface area contributed by atoms with Crippen LogP contribution in [0.1, 0.15) is 76.1 Å². The van der Waals surface area contributed by atoms with Crippen LogP contribution in [-0.2, 0) is 19.9 Å². The van der Waals surface area contributed by atoms with E-state index in [2.05, 4.69) is 32.9 Å². The van der Waals surface area contributed by atoms with Gasteiger partial charge in [0.2, 0.25) is 0 Å². The molecule has 4 rings (SSSR count). The number of esters is 1. The molecule has 7 heteroatoms. The molecule has 0 amide bonds. The highest BCUT2D eigenvalue weighted by atomic mass is 32.2. The first-order valence-corrected chi connectivity index (χ1v) is 16.3. The minimum atomic E-state index is -3.06. The lowest BCUT2D eigenvalue weighted by atomic mass is 9.84. The first-order valence-electron chi connectivity index (χ1n) is 14.7. The van der Waals surface area contributed by atoms with E-state index in [1.165, 1.54) is 0 Å². The first-order chi connectivity index (χ1) is 20.2. The number of rotatable bonds is 8. The number of benzene rings is 3. The topological polar surface area (TPSA) is 74.2 Å². The Bertz CT molecular complexity index is 1660. The van der Waals surface area contributed by atoms with Crippen molar-refractivity contribution in [2.45, 2.75) is 83.3 Å². The van der Waals surface area contributed by atoms with Crippen LogP contribution in [0.25, 0.3) is 0 Å². The number of carbonyl (C=O) groups excluding carboxylic acids is 1. The minimum absolute atomic E-state index is 0.0795.